The maximum Gasteiger partial charge on any atom is 0.331 e. The summed E-state index contributed by atoms with van der Waals surface area (Å²) in [5.41, 5.74) is 2.29. The summed E-state index contributed by atoms with van der Waals surface area (Å²) >= 11 is 0. The molecule has 0 aliphatic carbocycles. The first kappa shape index (κ1) is 26.9. The highest BCUT2D eigenvalue weighted by Gasteiger charge is 2.51. The van der Waals surface area contributed by atoms with Gasteiger partial charge in [-0.05, 0) is 50.6 Å². The van der Waals surface area contributed by atoms with Crippen molar-refractivity contribution in [1.82, 2.24) is 19.9 Å². The Hall–Kier alpha value is -2.74. The number of likely N-dealkylation sites (tertiary alicyclic amines) is 1. The number of hydrogen-bond donors (Lipinski definition) is 0. The van der Waals surface area contributed by atoms with Gasteiger partial charge in [-0.3, -0.25) is 4.90 Å². The maximum absolute atomic E-state index is 14.0. The monoisotopic (exact) mass is 535 g/mol. The SMILES string of the molecule is C[C@](C(=O)O[C@H]1C[N+]2(Cc3cn(-c4ccccc4)nn3)CCC1CC2)(c1ccccc1)N1CCCCC1.[Cl-]. The van der Waals surface area contributed by atoms with Crippen molar-refractivity contribution in [1.29, 1.82) is 0 Å². The third-order valence-corrected chi connectivity index (χ3v) is 9.08. The predicted molar refractivity (Wildman–Crippen MR) is 142 cm³/mol. The number of piperidine rings is 4. The molecule has 3 aromatic rings. The van der Waals surface area contributed by atoms with Gasteiger partial charge in [-0.25, -0.2) is 9.48 Å². The van der Waals surface area contributed by atoms with E-state index >= 15 is 0 Å². The lowest BCUT2D eigenvalue weighted by Gasteiger charge is -2.52. The lowest BCUT2D eigenvalue weighted by molar-refractivity contribution is -0.958. The van der Waals surface area contributed by atoms with Crippen LogP contribution in [0, 0.1) is 5.92 Å². The number of carbonyl (C=O) groups is 1. The zero-order valence-corrected chi connectivity index (χ0v) is 23.0. The number of nitrogens with zero attached hydrogens (tertiary/aromatic N) is 5. The van der Waals surface area contributed by atoms with E-state index in [4.69, 9.17) is 4.74 Å². The number of benzene rings is 2. The molecule has 8 heteroatoms. The van der Waals surface area contributed by atoms with Crippen LogP contribution in [0.2, 0.25) is 0 Å². The molecule has 38 heavy (non-hydrogen) atoms. The zero-order valence-electron chi connectivity index (χ0n) is 22.2. The molecule has 2 bridgehead atoms. The molecule has 0 spiro atoms. The first-order valence-corrected chi connectivity index (χ1v) is 13.9. The van der Waals surface area contributed by atoms with Crippen LogP contribution in [-0.2, 0) is 21.6 Å². The van der Waals surface area contributed by atoms with Crippen LogP contribution in [0.5, 0.6) is 0 Å². The van der Waals surface area contributed by atoms with E-state index in [2.05, 4.69) is 34.3 Å². The number of fused-ring (bicyclic) bond motifs is 3. The van der Waals surface area contributed by atoms with Crippen molar-refractivity contribution in [2.75, 3.05) is 32.7 Å². The van der Waals surface area contributed by atoms with Gasteiger partial charge in [0.2, 0.25) is 0 Å². The molecule has 1 aromatic heterocycles. The molecule has 7 rings (SSSR count). The van der Waals surface area contributed by atoms with Crippen molar-refractivity contribution in [2.45, 2.75) is 57.2 Å². The van der Waals surface area contributed by atoms with Crippen LogP contribution in [0.25, 0.3) is 5.69 Å². The van der Waals surface area contributed by atoms with Crippen LogP contribution in [-0.4, -0.2) is 69.2 Å². The fourth-order valence-corrected chi connectivity index (χ4v) is 6.78. The highest BCUT2D eigenvalue weighted by Crippen LogP contribution is 2.39. The lowest BCUT2D eigenvalue weighted by atomic mass is 9.82. The molecular weight excluding hydrogens is 498 g/mol. The smallest absolute Gasteiger partial charge is 0.331 e. The van der Waals surface area contributed by atoms with E-state index in [1.165, 1.54) is 6.42 Å². The molecule has 4 fully saturated rings. The molecular formula is C30H38ClN5O2. The molecule has 4 saturated heterocycles. The summed E-state index contributed by atoms with van der Waals surface area (Å²) in [7, 11) is 0. The number of halogens is 1. The van der Waals surface area contributed by atoms with Crippen LogP contribution in [0.1, 0.15) is 50.3 Å². The third kappa shape index (κ3) is 5.12. The van der Waals surface area contributed by atoms with Gasteiger partial charge in [0.05, 0.1) is 25.0 Å². The Morgan fingerprint density at radius 2 is 1.66 bits per heavy atom. The molecule has 202 valence electrons. The van der Waals surface area contributed by atoms with Gasteiger partial charge in [0.1, 0.15) is 24.3 Å². The normalized spacial score (nSPS) is 26.8. The molecule has 0 amide bonds. The maximum atomic E-state index is 14.0. The molecule has 0 unspecified atom stereocenters. The minimum Gasteiger partial charge on any atom is -1.00 e. The van der Waals surface area contributed by atoms with Crippen molar-refractivity contribution in [3.63, 3.8) is 0 Å². The summed E-state index contributed by atoms with van der Waals surface area (Å²) in [4.78, 5) is 16.4. The van der Waals surface area contributed by atoms with Crippen LogP contribution in [0.4, 0.5) is 0 Å². The summed E-state index contributed by atoms with van der Waals surface area (Å²) in [6.45, 7) is 7.86. The molecule has 4 aliphatic heterocycles. The molecule has 5 heterocycles. The molecule has 4 aliphatic rings. The molecule has 0 radical (unpaired) electrons. The Morgan fingerprint density at radius 1 is 1.00 bits per heavy atom. The number of hydrogen-bond acceptors (Lipinski definition) is 5. The number of rotatable bonds is 7. The average molecular weight is 536 g/mol. The van der Waals surface area contributed by atoms with E-state index in [1.54, 1.807) is 0 Å². The van der Waals surface area contributed by atoms with Gasteiger partial charge >= 0.3 is 5.97 Å². The van der Waals surface area contributed by atoms with Crippen molar-refractivity contribution >= 4 is 5.97 Å². The summed E-state index contributed by atoms with van der Waals surface area (Å²) in [5.74, 6) is 0.359. The number of para-hydroxylation sites is 1. The van der Waals surface area contributed by atoms with E-state index in [-0.39, 0.29) is 24.5 Å². The van der Waals surface area contributed by atoms with Crippen LogP contribution >= 0.6 is 0 Å². The van der Waals surface area contributed by atoms with Gasteiger partial charge in [-0.2, -0.15) is 0 Å². The van der Waals surface area contributed by atoms with Crippen molar-refractivity contribution in [2.24, 2.45) is 5.92 Å². The Bertz CT molecular complexity index is 1210. The first-order chi connectivity index (χ1) is 18.1. The molecule has 7 nitrogen and oxygen atoms in total. The molecule has 0 saturated carbocycles. The fraction of sp³-hybridized carbons (Fsp3) is 0.500. The van der Waals surface area contributed by atoms with Crippen molar-refractivity contribution < 1.29 is 26.4 Å². The van der Waals surface area contributed by atoms with Gasteiger partial charge in [0.25, 0.3) is 0 Å². The Kier molecular flexibility index (Phi) is 7.89. The summed E-state index contributed by atoms with van der Waals surface area (Å²) in [5, 5.41) is 8.89. The minimum absolute atomic E-state index is 0. The predicted octanol–water partition coefficient (Wildman–Crippen LogP) is 1.32. The zero-order chi connectivity index (χ0) is 25.3. The minimum atomic E-state index is -0.753. The lowest BCUT2D eigenvalue weighted by Crippen LogP contribution is -3.00. The van der Waals surface area contributed by atoms with E-state index in [1.807, 2.05) is 59.4 Å². The average Bonchev–Trinajstić information content (AvgIpc) is 3.42. The number of quaternary nitrogens is 1. The fourth-order valence-electron chi connectivity index (χ4n) is 6.78. The van der Waals surface area contributed by atoms with E-state index in [0.717, 1.165) is 86.4 Å². The largest absolute Gasteiger partial charge is 1.00 e. The van der Waals surface area contributed by atoms with Gasteiger partial charge in [0, 0.05) is 18.8 Å². The third-order valence-electron chi connectivity index (χ3n) is 9.08. The highest BCUT2D eigenvalue weighted by molar-refractivity contribution is 5.82. The van der Waals surface area contributed by atoms with Crippen LogP contribution in [0.3, 0.4) is 0 Å². The van der Waals surface area contributed by atoms with Gasteiger partial charge in [-0.1, -0.05) is 60.2 Å². The van der Waals surface area contributed by atoms with E-state index < -0.39 is 5.54 Å². The van der Waals surface area contributed by atoms with Crippen molar-refractivity contribution in [3.05, 3.63) is 78.1 Å². The Balaban J connectivity index is 0.00000294. The van der Waals surface area contributed by atoms with Crippen LogP contribution < -0.4 is 12.4 Å². The standard InChI is InChI=1S/C30H38N5O2.ClH/c1-30(25-11-5-2-6-12-25,33-17-9-4-10-18-33)29(36)37-28-23-35(19-15-24(28)16-20-35)22-26-21-34(32-31-26)27-13-7-3-8-14-27;/h2-3,5-8,11-14,21,24,28H,4,9-10,15-20,22-23H2,1H3;1H/q+1;/p-1/t24?,28-,30+,35?;/m0./s1. The highest BCUT2D eigenvalue weighted by atomic mass is 35.5. The quantitative estimate of drug-likeness (QED) is 0.337. The van der Waals surface area contributed by atoms with Crippen molar-refractivity contribution in [3.8, 4) is 5.69 Å². The van der Waals surface area contributed by atoms with Gasteiger partial charge in [-0.15, -0.1) is 5.10 Å². The molecule has 2 atom stereocenters. The Morgan fingerprint density at radius 3 is 2.34 bits per heavy atom. The topological polar surface area (TPSA) is 60.3 Å². The van der Waals surface area contributed by atoms with Gasteiger partial charge in [0.15, 0.2) is 6.10 Å². The number of aromatic nitrogens is 3. The second-order valence-electron chi connectivity index (χ2n) is 11.4. The number of ether oxygens (including phenoxy) is 1. The number of esters is 1. The second-order valence-corrected chi connectivity index (χ2v) is 11.4. The van der Waals surface area contributed by atoms with E-state index in [9.17, 15) is 4.79 Å². The number of carbonyl (C=O) groups excluding carboxylic acids is 1. The first-order valence-electron chi connectivity index (χ1n) is 13.9. The van der Waals surface area contributed by atoms with Gasteiger partial charge < -0.3 is 21.6 Å². The van der Waals surface area contributed by atoms with Crippen LogP contribution in [0.15, 0.2) is 66.9 Å². The molecule has 2 aromatic carbocycles. The second kappa shape index (κ2) is 11.2. The summed E-state index contributed by atoms with van der Waals surface area (Å²) in [6.07, 6.45) is 7.68. The summed E-state index contributed by atoms with van der Waals surface area (Å²) < 4.78 is 9.28. The Labute approximate surface area is 231 Å². The molecule has 0 N–H and O–H groups in total. The summed E-state index contributed by atoms with van der Waals surface area (Å²) in [6, 6.07) is 20.3. The van der Waals surface area contributed by atoms with E-state index in [0.29, 0.717) is 5.92 Å².